The molecule has 10 heteroatoms. The third-order valence-corrected chi connectivity index (χ3v) is 5.78. The summed E-state index contributed by atoms with van der Waals surface area (Å²) in [7, 11) is 0. The fourth-order valence-corrected chi connectivity index (χ4v) is 4.12. The van der Waals surface area contributed by atoms with Crippen LogP contribution in [0.25, 0.3) is 10.7 Å². The summed E-state index contributed by atoms with van der Waals surface area (Å²) < 4.78 is 5.25. The second-order valence-corrected chi connectivity index (χ2v) is 8.18. The Hall–Kier alpha value is -2.91. The number of piperazine rings is 1. The zero-order chi connectivity index (χ0) is 20.9. The average Bonchev–Trinajstić information content (AvgIpc) is 3.40. The zero-order valence-corrected chi connectivity index (χ0v) is 17.6. The van der Waals surface area contributed by atoms with Gasteiger partial charge in [-0.1, -0.05) is 22.8 Å². The molecule has 0 bridgehead atoms. The lowest BCUT2D eigenvalue weighted by molar-refractivity contribution is -0.120. The maximum Gasteiger partial charge on any atom is 0.239 e. The van der Waals surface area contributed by atoms with Gasteiger partial charge in [-0.25, -0.2) is 0 Å². The van der Waals surface area contributed by atoms with Gasteiger partial charge in [-0.05, 0) is 36.1 Å². The fraction of sp³-hybridized carbons (Fsp3) is 0.300. The summed E-state index contributed by atoms with van der Waals surface area (Å²) in [6, 6.07) is 9.18. The lowest BCUT2D eigenvalue weighted by atomic mass is 10.2. The van der Waals surface area contributed by atoms with Crippen molar-refractivity contribution < 1.29 is 14.1 Å². The Kier molecular flexibility index (Phi) is 6.29. The summed E-state index contributed by atoms with van der Waals surface area (Å²) in [5, 5.41) is 12.0. The van der Waals surface area contributed by atoms with E-state index in [2.05, 4.69) is 20.8 Å². The molecule has 2 amide bonds. The Labute approximate surface area is 182 Å². The number of thiophene rings is 1. The van der Waals surface area contributed by atoms with Crippen LogP contribution in [-0.2, 0) is 16.0 Å². The minimum atomic E-state index is -0.117. The first-order valence-corrected chi connectivity index (χ1v) is 10.8. The molecule has 0 saturated carbocycles. The number of anilines is 2. The van der Waals surface area contributed by atoms with E-state index in [1.165, 1.54) is 0 Å². The fourth-order valence-electron chi connectivity index (χ4n) is 3.17. The third kappa shape index (κ3) is 4.98. The third-order valence-electron chi connectivity index (χ3n) is 4.61. The van der Waals surface area contributed by atoms with Gasteiger partial charge in [-0.2, -0.15) is 4.98 Å². The summed E-state index contributed by atoms with van der Waals surface area (Å²) in [5.74, 6) is 0.946. The van der Waals surface area contributed by atoms with E-state index >= 15 is 0 Å². The van der Waals surface area contributed by atoms with Gasteiger partial charge < -0.3 is 20.1 Å². The van der Waals surface area contributed by atoms with E-state index < -0.39 is 0 Å². The Bertz CT molecular complexity index is 1040. The smallest absolute Gasteiger partial charge is 0.239 e. The molecule has 4 rings (SSSR count). The molecule has 0 unspecified atom stereocenters. The predicted molar refractivity (Wildman–Crippen MR) is 116 cm³/mol. The van der Waals surface area contributed by atoms with Crippen LogP contribution in [-0.4, -0.2) is 41.6 Å². The molecule has 30 heavy (non-hydrogen) atoms. The Balaban J connectivity index is 1.27. The van der Waals surface area contributed by atoms with E-state index in [1.807, 2.05) is 28.5 Å². The molecular weight excluding hydrogens is 426 g/mol. The second kappa shape index (κ2) is 9.27. The van der Waals surface area contributed by atoms with E-state index in [0.29, 0.717) is 54.8 Å². The van der Waals surface area contributed by atoms with Crippen LogP contribution < -0.4 is 15.5 Å². The van der Waals surface area contributed by atoms with Gasteiger partial charge in [0.05, 0.1) is 22.1 Å². The lowest BCUT2D eigenvalue weighted by Gasteiger charge is -2.29. The van der Waals surface area contributed by atoms with Crippen LogP contribution in [0.15, 0.2) is 40.2 Å². The highest BCUT2D eigenvalue weighted by Crippen LogP contribution is 2.29. The van der Waals surface area contributed by atoms with Crippen molar-refractivity contribution in [1.29, 1.82) is 0 Å². The van der Waals surface area contributed by atoms with Crippen molar-refractivity contribution in [3.8, 4) is 10.7 Å². The van der Waals surface area contributed by atoms with Gasteiger partial charge in [-0.3, -0.25) is 9.59 Å². The Morgan fingerprint density at radius 2 is 2.27 bits per heavy atom. The molecule has 1 aromatic carbocycles. The number of halogens is 1. The minimum Gasteiger partial charge on any atom is -0.359 e. The minimum absolute atomic E-state index is 0.0292. The number of nitrogens with one attached hydrogen (secondary N) is 2. The van der Waals surface area contributed by atoms with E-state index in [1.54, 1.807) is 23.5 Å². The van der Waals surface area contributed by atoms with Crippen molar-refractivity contribution in [1.82, 2.24) is 15.5 Å². The topological polar surface area (TPSA) is 100 Å². The quantitative estimate of drug-likeness (QED) is 0.578. The highest BCUT2D eigenvalue weighted by atomic mass is 35.5. The normalized spacial score (nSPS) is 13.9. The van der Waals surface area contributed by atoms with Gasteiger partial charge >= 0.3 is 0 Å². The van der Waals surface area contributed by atoms with E-state index in [4.69, 9.17) is 16.1 Å². The van der Waals surface area contributed by atoms with E-state index in [0.717, 1.165) is 10.6 Å². The number of amides is 2. The summed E-state index contributed by atoms with van der Waals surface area (Å²) in [5.41, 5.74) is 1.40. The number of carbonyl (C=O) groups excluding carboxylic acids is 2. The number of rotatable bonds is 7. The monoisotopic (exact) mass is 445 g/mol. The summed E-state index contributed by atoms with van der Waals surface area (Å²) in [6.07, 6.45) is 1.44. The number of nitrogens with zero attached hydrogens (tertiary/aromatic N) is 3. The molecule has 0 atom stereocenters. The first-order valence-electron chi connectivity index (χ1n) is 9.56. The highest BCUT2D eigenvalue weighted by molar-refractivity contribution is 7.13. The van der Waals surface area contributed by atoms with Crippen LogP contribution in [0, 0.1) is 0 Å². The summed E-state index contributed by atoms with van der Waals surface area (Å²) in [6.45, 7) is 1.55. The molecule has 3 heterocycles. The standard InChI is InChI=1S/C20H20ClN5O3S/c21-14-11-13(6-7-15(14)26-9-8-22-18(28)12-26)23-17(27)4-1-5-19-24-20(25-29-19)16-3-2-10-30-16/h2-3,6-7,10-11H,1,4-5,8-9,12H2,(H,22,28)(H,23,27). The van der Waals surface area contributed by atoms with Gasteiger partial charge in [0.2, 0.25) is 23.5 Å². The second-order valence-electron chi connectivity index (χ2n) is 6.83. The summed E-state index contributed by atoms with van der Waals surface area (Å²) >= 11 is 7.92. The molecule has 1 fully saturated rings. The molecule has 1 saturated heterocycles. The van der Waals surface area contributed by atoms with Gasteiger partial charge in [0.25, 0.3) is 0 Å². The van der Waals surface area contributed by atoms with Crippen molar-refractivity contribution in [2.24, 2.45) is 0 Å². The van der Waals surface area contributed by atoms with Gasteiger partial charge in [0, 0.05) is 31.6 Å². The Morgan fingerprint density at radius 1 is 1.37 bits per heavy atom. The SMILES string of the molecule is O=C1CN(c2ccc(NC(=O)CCCc3nc(-c4cccs4)no3)cc2Cl)CCN1. The first kappa shape index (κ1) is 20.4. The van der Waals surface area contributed by atoms with Crippen LogP contribution in [0.1, 0.15) is 18.7 Å². The average molecular weight is 446 g/mol. The van der Waals surface area contributed by atoms with Crippen LogP contribution >= 0.6 is 22.9 Å². The van der Waals surface area contributed by atoms with Crippen molar-refractivity contribution >= 4 is 46.1 Å². The molecule has 0 radical (unpaired) electrons. The molecular formula is C20H20ClN5O3S. The molecule has 2 N–H and O–H groups in total. The number of hydrogen-bond acceptors (Lipinski definition) is 7. The first-order chi connectivity index (χ1) is 14.6. The maximum atomic E-state index is 12.3. The van der Waals surface area contributed by atoms with Crippen molar-refractivity contribution in [2.45, 2.75) is 19.3 Å². The van der Waals surface area contributed by atoms with Crippen LogP contribution in [0.2, 0.25) is 5.02 Å². The lowest BCUT2D eigenvalue weighted by Crippen LogP contribution is -2.47. The molecule has 0 spiro atoms. The summed E-state index contributed by atoms with van der Waals surface area (Å²) in [4.78, 5) is 31.0. The number of benzene rings is 1. The molecule has 2 aromatic heterocycles. The van der Waals surface area contributed by atoms with Crippen LogP contribution in [0.3, 0.4) is 0 Å². The molecule has 156 valence electrons. The molecule has 3 aromatic rings. The van der Waals surface area contributed by atoms with Crippen molar-refractivity contribution in [3.63, 3.8) is 0 Å². The number of aryl methyl sites for hydroxylation is 1. The van der Waals surface area contributed by atoms with Gasteiger partial charge in [0.15, 0.2) is 0 Å². The Morgan fingerprint density at radius 3 is 3.03 bits per heavy atom. The molecule has 1 aliphatic heterocycles. The van der Waals surface area contributed by atoms with Crippen LogP contribution in [0.4, 0.5) is 11.4 Å². The van der Waals surface area contributed by atoms with E-state index in [9.17, 15) is 9.59 Å². The molecule has 0 aliphatic carbocycles. The largest absolute Gasteiger partial charge is 0.359 e. The van der Waals surface area contributed by atoms with Crippen LogP contribution in [0.5, 0.6) is 0 Å². The maximum absolute atomic E-state index is 12.3. The molecule has 8 nitrogen and oxygen atoms in total. The number of aromatic nitrogens is 2. The zero-order valence-electron chi connectivity index (χ0n) is 16.1. The van der Waals surface area contributed by atoms with Gasteiger partial charge in [0.1, 0.15) is 0 Å². The van der Waals surface area contributed by atoms with Gasteiger partial charge in [-0.15, -0.1) is 11.3 Å². The van der Waals surface area contributed by atoms with Crippen molar-refractivity contribution in [3.05, 3.63) is 46.6 Å². The molecule has 1 aliphatic rings. The predicted octanol–water partition coefficient (Wildman–Crippen LogP) is 3.35. The highest BCUT2D eigenvalue weighted by Gasteiger charge is 2.19. The van der Waals surface area contributed by atoms with Crippen molar-refractivity contribution in [2.75, 3.05) is 29.9 Å². The number of carbonyl (C=O) groups is 2. The van der Waals surface area contributed by atoms with E-state index in [-0.39, 0.29) is 18.4 Å². The number of hydrogen-bond donors (Lipinski definition) is 2.